The van der Waals surface area contributed by atoms with Crippen LogP contribution in [0, 0.1) is 5.92 Å². The number of nitrogens with two attached hydrogens (primary N) is 1. The summed E-state index contributed by atoms with van der Waals surface area (Å²) < 4.78 is 36.2. The summed E-state index contributed by atoms with van der Waals surface area (Å²) in [5.74, 6) is -1.92. The van der Waals surface area contributed by atoms with Crippen molar-refractivity contribution in [2.24, 2.45) is 11.7 Å². The molecule has 27 heavy (non-hydrogen) atoms. The van der Waals surface area contributed by atoms with Crippen molar-refractivity contribution < 1.29 is 27.6 Å². The number of benzene rings is 1. The summed E-state index contributed by atoms with van der Waals surface area (Å²) in [7, 11) is 0. The lowest BCUT2D eigenvalue weighted by molar-refractivity contribution is -0.125. The molecule has 3 amide bonds. The van der Waals surface area contributed by atoms with Gasteiger partial charge in [0.15, 0.2) is 0 Å². The lowest BCUT2D eigenvalue weighted by Gasteiger charge is -2.15. The van der Waals surface area contributed by atoms with Gasteiger partial charge in [0.1, 0.15) is 6.54 Å². The molecular weight excluding hydrogens is 389 g/mol. The second-order valence-corrected chi connectivity index (χ2v) is 5.91. The van der Waals surface area contributed by atoms with Crippen LogP contribution in [0.15, 0.2) is 24.3 Å². The molecule has 11 heteroatoms. The van der Waals surface area contributed by atoms with Gasteiger partial charge in [0, 0.05) is 11.3 Å². The van der Waals surface area contributed by atoms with Crippen LogP contribution in [0.1, 0.15) is 24.2 Å². The molecule has 152 valence electrons. The predicted octanol–water partition coefficient (Wildman–Crippen LogP) is 1.44. The number of rotatable bonds is 7. The summed E-state index contributed by atoms with van der Waals surface area (Å²) in [6, 6.07) is 4.55. The van der Waals surface area contributed by atoms with Crippen LogP contribution in [-0.2, 0) is 9.59 Å². The molecule has 1 aromatic carbocycles. The van der Waals surface area contributed by atoms with E-state index in [-0.39, 0.29) is 30.4 Å². The molecule has 7 nitrogen and oxygen atoms in total. The molecule has 0 heterocycles. The maximum atomic E-state index is 12.1. The number of amides is 3. The summed E-state index contributed by atoms with van der Waals surface area (Å²) in [5, 5.41) is 6.62. The Balaban J connectivity index is 0.00000676. The zero-order valence-electron chi connectivity index (χ0n) is 14.7. The highest BCUT2D eigenvalue weighted by molar-refractivity contribution is 5.97. The summed E-state index contributed by atoms with van der Waals surface area (Å²) in [4.78, 5) is 35.0. The smallest absolute Gasteiger partial charge is 0.346 e. The number of nitrogens with one attached hydrogen (secondary N) is 3. The molecule has 0 aliphatic carbocycles. The molecule has 0 aromatic heterocycles. The monoisotopic (exact) mass is 410 g/mol. The Hall–Kier alpha value is -2.33. The van der Waals surface area contributed by atoms with E-state index >= 15 is 0 Å². The fourth-order valence-corrected chi connectivity index (χ4v) is 1.78. The van der Waals surface area contributed by atoms with E-state index in [1.807, 2.05) is 0 Å². The van der Waals surface area contributed by atoms with Crippen molar-refractivity contribution in [1.29, 1.82) is 0 Å². The van der Waals surface area contributed by atoms with Crippen LogP contribution in [0.5, 0.6) is 0 Å². The lowest BCUT2D eigenvalue weighted by Crippen LogP contribution is -2.46. The lowest BCUT2D eigenvalue weighted by atomic mass is 10.1. The molecule has 5 N–H and O–H groups in total. The van der Waals surface area contributed by atoms with E-state index in [1.54, 1.807) is 19.2 Å². The average Bonchev–Trinajstić information content (AvgIpc) is 2.56. The molecule has 0 aliphatic rings. The van der Waals surface area contributed by atoms with E-state index in [4.69, 9.17) is 5.73 Å². The summed E-state index contributed by atoms with van der Waals surface area (Å²) in [5.41, 5.74) is 5.98. The number of alkyl halides is 3. The third-order valence-corrected chi connectivity index (χ3v) is 3.32. The van der Waals surface area contributed by atoms with Gasteiger partial charge in [0.05, 0.1) is 12.6 Å². The Morgan fingerprint density at radius 1 is 1.07 bits per heavy atom. The van der Waals surface area contributed by atoms with E-state index in [9.17, 15) is 27.6 Å². The Kier molecular flexibility index (Phi) is 9.80. The molecular formula is C16H22ClF3N4O3. The highest BCUT2D eigenvalue weighted by Crippen LogP contribution is 2.13. The SMILES string of the molecule is CC(C)[C@H](N)C(=O)NCC(=O)Nc1ccc(C(=O)NCC(F)(F)F)cc1.Cl. The van der Waals surface area contributed by atoms with Gasteiger partial charge < -0.3 is 21.7 Å². The van der Waals surface area contributed by atoms with Gasteiger partial charge in [-0.3, -0.25) is 14.4 Å². The van der Waals surface area contributed by atoms with E-state index in [0.717, 1.165) is 0 Å². The molecule has 0 bridgehead atoms. The second kappa shape index (κ2) is 10.7. The number of anilines is 1. The van der Waals surface area contributed by atoms with Crippen molar-refractivity contribution >= 4 is 35.8 Å². The second-order valence-electron chi connectivity index (χ2n) is 5.91. The van der Waals surface area contributed by atoms with Crippen LogP contribution in [0.4, 0.5) is 18.9 Å². The van der Waals surface area contributed by atoms with Crippen LogP contribution in [0.25, 0.3) is 0 Å². The Morgan fingerprint density at radius 3 is 2.11 bits per heavy atom. The highest BCUT2D eigenvalue weighted by Gasteiger charge is 2.27. The zero-order valence-corrected chi connectivity index (χ0v) is 15.5. The molecule has 1 aromatic rings. The zero-order chi connectivity index (χ0) is 19.9. The van der Waals surface area contributed by atoms with Crippen molar-refractivity contribution in [3.63, 3.8) is 0 Å². The fourth-order valence-electron chi connectivity index (χ4n) is 1.78. The van der Waals surface area contributed by atoms with Gasteiger partial charge >= 0.3 is 6.18 Å². The third kappa shape index (κ3) is 9.25. The van der Waals surface area contributed by atoms with Crippen molar-refractivity contribution in [2.75, 3.05) is 18.4 Å². The first-order valence-corrected chi connectivity index (χ1v) is 7.77. The van der Waals surface area contributed by atoms with Crippen molar-refractivity contribution in [3.8, 4) is 0 Å². The highest BCUT2D eigenvalue weighted by atomic mass is 35.5. The van der Waals surface area contributed by atoms with Crippen molar-refractivity contribution in [2.45, 2.75) is 26.1 Å². The van der Waals surface area contributed by atoms with Crippen LogP contribution in [-0.4, -0.2) is 43.0 Å². The minimum Gasteiger partial charge on any atom is -0.346 e. The minimum absolute atomic E-state index is 0. The van der Waals surface area contributed by atoms with Crippen molar-refractivity contribution in [1.82, 2.24) is 10.6 Å². The van der Waals surface area contributed by atoms with Gasteiger partial charge in [-0.15, -0.1) is 12.4 Å². The first-order valence-electron chi connectivity index (χ1n) is 7.77. The fraction of sp³-hybridized carbons (Fsp3) is 0.438. The van der Waals surface area contributed by atoms with Gasteiger partial charge in [-0.05, 0) is 30.2 Å². The number of carbonyl (C=O) groups is 3. The Bertz CT molecular complexity index is 651. The van der Waals surface area contributed by atoms with Crippen LogP contribution in [0.3, 0.4) is 0 Å². The molecule has 0 aliphatic heterocycles. The minimum atomic E-state index is -4.49. The molecule has 0 fully saturated rings. The van der Waals surface area contributed by atoms with Crippen LogP contribution < -0.4 is 21.7 Å². The van der Waals surface area contributed by atoms with Gasteiger partial charge in [-0.2, -0.15) is 13.2 Å². The Morgan fingerprint density at radius 2 is 1.63 bits per heavy atom. The topological polar surface area (TPSA) is 113 Å². The van der Waals surface area contributed by atoms with Crippen LogP contribution >= 0.6 is 12.4 Å². The molecule has 0 saturated carbocycles. The first kappa shape index (κ1) is 24.7. The van der Waals surface area contributed by atoms with Gasteiger partial charge in [0.25, 0.3) is 5.91 Å². The molecule has 1 rings (SSSR count). The largest absolute Gasteiger partial charge is 0.405 e. The number of carbonyl (C=O) groups excluding carboxylic acids is 3. The number of halogens is 4. The maximum absolute atomic E-state index is 12.1. The van der Waals surface area contributed by atoms with Gasteiger partial charge in [0.2, 0.25) is 11.8 Å². The normalized spacial score (nSPS) is 12.0. The quantitative estimate of drug-likeness (QED) is 0.544. The Labute approximate surface area is 160 Å². The molecule has 0 saturated heterocycles. The summed E-state index contributed by atoms with van der Waals surface area (Å²) >= 11 is 0. The summed E-state index contributed by atoms with van der Waals surface area (Å²) in [6.45, 7) is 1.84. The molecule has 0 unspecified atom stereocenters. The number of hydrogen-bond acceptors (Lipinski definition) is 4. The average molecular weight is 411 g/mol. The van der Waals surface area contributed by atoms with E-state index in [1.165, 1.54) is 24.3 Å². The number of hydrogen-bond donors (Lipinski definition) is 4. The van der Waals surface area contributed by atoms with Crippen molar-refractivity contribution in [3.05, 3.63) is 29.8 Å². The predicted molar refractivity (Wildman–Crippen MR) is 96.5 cm³/mol. The molecule has 0 radical (unpaired) electrons. The van der Waals surface area contributed by atoms with Gasteiger partial charge in [-0.25, -0.2) is 0 Å². The van der Waals surface area contributed by atoms with Crippen LogP contribution in [0.2, 0.25) is 0 Å². The molecule has 0 spiro atoms. The standard InChI is InChI=1S/C16H21F3N4O3.ClH/c1-9(2)13(20)15(26)21-7-12(24)23-11-5-3-10(4-6-11)14(25)22-8-16(17,18)19;/h3-6,9,13H,7-8,20H2,1-2H3,(H,21,26)(H,22,25)(H,23,24);1H/t13-;/m0./s1. The maximum Gasteiger partial charge on any atom is 0.405 e. The van der Waals surface area contributed by atoms with Gasteiger partial charge in [-0.1, -0.05) is 13.8 Å². The van der Waals surface area contributed by atoms with E-state index in [2.05, 4.69) is 10.6 Å². The first-order chi connectivity index (χ1) is 12.0. The van der Waals surface area contributed by atoms with E-state index < -0.39 is 36.5 Å². The van der Waals surface area contributed by atoms with E-state index in [0.29, 0.717) is 5.69 Å². The summed E-state index contributed by atoms with van der Waals surface area (Å²) in [6.07, 6.45) is -4.49. The third-order valence-electron chi connectivity index (χ3n) is 3.32. The molecule has 1 atom stereocenters.